The minimum Gasteiger partial charge on any atom is -0.457 e. The summed E-state index contributed by atoms with van der Waals surface area (Å²) in [6, 6.07) is -0.865. The highest BCUT2D eigenvalue weighted by Crippen LogP contribution is 2.32. The number of thiazole rings is 1. The zero-order valence-electron chi connectivity index (χ0n) is 25.1. The molecule has 2 amide bonds. The van der Waals surface area contributed by atoms with Crippen LogP contribution in [0.5, 0.6) is 0 Å². The van der Waals surface area contributed by atoms with Gasteiger partial charge in [0, 0.05) is 29.7 Å². The van der Waals surface area contributed by atoms with E-state index in [0.717, 1.165) is 17.8 Å². The first-order valence-corrected chi connectivity index (χ1v) is 17.7. The third-order valence-electron chi connectivity index (χ3n) is 7.05. The number of aliphatic imine (C=N–C) groups is 1. The Balaban J connectivity index is 1.65. The lowest BCUT2D eigenvalue weighted by Gasteiger charge is -2.27. The van der Waals surface area contributed by atoms with Gasteiger partial charge in [-0.15, -0.1) is 23.1 Å². The Morgan fingerprint density at radius 1 is 1.24 bits per heavy atom. The zero-order valence-corrected chi connectivity index (χ0v) is 27.6. The topological polar surface area (TPSA) is 127 Å². The Bertz CT molecular complexity index is 1150. The molecule has 0 spiro atoms. The van der Waals surface area contributed by atoms with E-state index in [4.69, 9.17) is 4.74 Å². The van der Waals surface area contributed by atoms with Crippen molar-refractivity contribution in [2.75, 3.05) is 11.5 Å². The first-order chi connectivity index (χ1) is 20.1. The third kappa shape index (κ3) is 10.8. The van der Waals surface area contributed by atoms with Crippen LogP contribution in [-0.2, 0) is 30.5 Å². The van der Waals surface area contributed by atoms with E-state index in [1.54, 1.807) is 13.0 Å². The zero-order chi connectivity index (χ0) is 30.5. The Morgan fingerprint density at radius 2 is 2.02 bits per heavy atom. The number of carbonyl (C=O) groups excluding carboxylic acids is 4. The van der Waals surface area contributed by atoms with Crippen molar-refractivity contribution >= 4 is 62.8 Å². The van der Waals surface area contributed by atoms with Gasteiger partial charge in [0.1, 0.15) is 33.4 Å². The number of fused-ring (bicyclic) bond motifs is 4. The van der Waals surface area contributed by atoms with Crippen LogP contribution in [-0.4, -0.2) is 62.1 Å². The van der Waals surface area contributed by atoms with Gasteiger partial charge in [-0.25, -0.2) is 9.78 Å². The molecule has 42 heavy (non-hydrogen) atoms. The van der Waals surface area contributed by atoms with Gasteiger partial charge in [-0.1, -0.05) is 64.3 Å². The SMILES string of the molecule is CCCCCCCC(=O)SCC/C=C/[C@@H]1CCC(=O)NCc2nc(cs2)C2=N[C@@](C)(CS2)C(=O)N[C@@H](C(C)C)C(=O)O1. The van der Waals surface area contributed by atoms with Crippen LogP contribution in [0.15, 0.2) is 22.5 Å². The van der Waals surface area contributed by atoms with E-state index in [1.807, 2.05) is 25.3 Å². The number of nitrogens with zero attached hydrogens (tertiary/aromatic N) is 2. The number of cyclic esters (lactones) is 1. The minimum atomic E-state index is -1.04. The van der Waals surface area contributed by atoms with Gasteiger partial charge in [0.2, 0.25) is 11.8 Å². The lowest BCUT2D eigenvalue weighted by Crippen LogP contribution is -2.53. The average molecular weight is 637 g/mol. The number of nitrogens with one attached hydrogen (secondary N) is 2. The second-order valence-electron chi connectivity index (χ2n) is 11.2. The van der Waals surface area contributed by atoms with E-state index in [2.05, 4.69) is 27.5 Å². The molecule has 4 bridgehead atoms. The maximum absolute atomic E-state index is 13.3. The summed E-state index contributed by atoms with van der Waals surface area (Å²) >= 11 is 4.22. The monoisotopic (exact) mass is 636 g/mol. The highest BCUT2D eigenvalue weighted by molar-refractivity contribution is 8.14. The maximum atomic E-state index is 13.3. The molecule has 12 heteroatoms. The van der Waals surface area contributed by atoms with Crippen molar-refractivity contribution in [3.05, 3.63) is 28.2 Å². The van der Waals surface area contributed by atoms with Crippen LogP contribution in [0, 0.1) is 5.92 Å². The number of ether oxygens (including phenoxy) is 1. The largest absolute Gasteiger partial charge is 0.457 e. The molecule has 9 nitrogen and oxygen atoms in total. The maximum Gasteiger partial charge on any atom is 0.329 e. The lowest BCUT2D eigenvalue weighted by atomic mass is 10.0. The quantitative estimate of drug-likeness (QED) is 0.187. The van der Waals surface area contributed by atoms with Crippen LogP contribution < -0.4 is 10.6 Å². The Hall–Kier alpha value is -2.18. The molecule has 0 aliphatic carbocycles. The molecule has 1 aromatic rings. The smallest absolute Gasteiger partial charge is 0.329 e. The van der Waals surface area contributed by atoms with Gasteiger partial charge < -0.3 is 15.4 Å². The van der Waals surface area contributed by atoms with E-state index in [1.165, 1.54) is 54.1 Å². The van der Waals surface area contributed by atoms with E-state index in [-0.39, 0.29) is 29.3 Å². The summed E-state index contributed by atoms with van der Waals surface area (Å²) in [5.74, 6) is -0.195. The van der Waals surface area contributed by atoms with Gasteiger partial charge in [-0.2, -0.15) is 0 Å². The highest BCUT2D eigenvalue weighted by atomic mass is 32.2. The van der Waals surface area contributed by atoms with Crippen molar-refractivity contribution in [3.63, 3.8) is 0 Å². The number of unbranched alkanes of at least 4 members (excludes halogenated alkanes) is 4. The van der Waals surface area contributed by atoms with Gasteiger partial charge in [0.25, 0.3) is 0 Å². The number of rotatable bonds is 11. The van der Waals surface area contributed by atoms with Crippen molar-refractivity contribution in [1.29, 1.82) is 0 Å². The van der Waals surface area contributed by atoms with Gasteiger partial charge in [-0.3, -0.25) is 19.4 Å². The van der Waals surface area contributed by atoms with E-state index in [9.17, 15) is 19.2 Å². The number of aromatic nitrogens is 1. The molecule has 0 unspecified atom stereocenters. The van der Waals surface area contributed by atoms with Crippen LogP contribution >= 0.6 is 34.9 Å². The molecule has 0 radical (unpaired) electrons. The number of allylic oxidation sites excluding steroid dienone is 1. The lowest BCUT2D eigenvalue weighted by molar-refractivity contribution is -0.153. The summed E-state index contributed by atoms with van der Waals surface area (Å²) in [7, 11) is 0. The summed E-state index contributed by atoms with van der Waals surface area (Å²) < 4.78 is 5.85. The molecule has 0 saturated heterocycles. The molecule has 0 saturated carbocycles. The standard InChI is InChI=1S/C30H44N4O5S3/c1-5-6-7-8-9-13-25(36)40-16-11-10-12-21-14-15-23(35)31-17-24-32-22(18-41-24)27-34-30(4,19-42-27)29(38)33-26(20(2)3)28(37)39-21/h10,12,18,20-21,26H,5-9,11,13-17,19H2,1-4H3,(H,31,35)(H,33,38)/b12-10+/t21-,26+,30+/m1/s1. The number of hydrogen-bond donors (Lipinski definition) is 2. The second kappa shape index (κ2) is 17.2. The normalized spacial score (nSPS) is 23.8. The van der Waals surface area contributed by atoms with Crippen LogP contribution in [0.3, 0.4) is 0 Å². The summed E-state index contributed by atoms with van der Waals surface area (Å²) in [5, 5.41) is 9.29. The fourth-order valence-corrected chi connectivity index (χ4v) is 7.11. The molecule has 2 aliphatic rings. The molecule has 0 aromatic carbocycles. The summed E-state index contributed by atoms with van der Waals surface area (Å²) in [5.41, 5.74) is -0.351. The van der Waals surface area contributed by atoms with Crippen LogP contribution in [0.4, 0.5) is 0 Å². The van der Waals surface area contributed by atoms with E-state index in [0.29, 0.717) is 48.1 Å². The van der Waals surface area contributed by atoms with Gasteiger partial charge in [0.15, 0.2) is 5.12 Å². The van der Waals surface area contributed by atoms with Crippen LogP contribution in [0.2, 0.25) is 0 Å². The molecule has 1 aromatic heterocycles. The highest BCUT2D eigenvalue weighted by Gasteiger charge is 2.41. The fraction of sp³-hybridized carbons (Fsp3) is 0.667. The third-order valence-corrected chi connectivity index (χ3v) is 10.1. The van der Waals surface area contributed by atoms with Crippen LogP contribution in [0.1, 0.15) is 96.2 Å². The predicted molar refractivity (Wildman–Crippen MR) is 172 cm³/mol. The van der Waals surface area contributed by atoms with Crippen molar-refractivity contribution < 1.29 is 23.9 Å². The second-order valence-corrected chi connectivity index (χ2v) is 14.3. The Kier molecular flexibility index (Phi) is 14.1. The molecule has 2 N–H and O–H groups in total. The van der Waals surface area contributed by atoms with E-state index < -0.39 is 23.7 Å². The minimum absolute atomic E-state index is 0.158. The number of hydrogen-bond acceptors (Lipinski definition) is 10. The molecule has 0 fully saturated rings. The number of amides is 2. The van der Waals surface area contributed by atoms with Crippen LogP contribution in [0.25, 0.3) is 0 Å². The van der Waals surface area contributed by atoms with Crippen molar-refractivity contribution in [1.82, 2.24) is 15.6 Å². The van der Waals surface area contributed by atoms with E-state index >= 15 is 0 Å². The number of esters is 1. The molecular weight excluding hydrogens is 593 g/mol. The summed E-state index contributed by atoms with van der Waals surface area (Å²) in [6.45, 7) is 7.92. The predicted octanol–water partition coefficient (Wildman–Crippen LogP) is 5.42. The van der Waals surface area contributed by atoms with Crippen molar-refractivity contribution in [2.45, 2.75) is 110 Å². The fourth-order valence-electron chi connectivity index (χ4n) is 4.42. The average Bonchev–Trinajstić information content (AvgIpc) is 3.59. The van der Waals surface area contributed by atoms with Crippen molar-refractivity contribution in [2.24, 2.45) is 10.9 Å². The Morgan fingerprint density at radius 3 is 2.79 bits per heavy atom. The molecule has 3 rings (SSSR count). The van der Waals surface area contributed by atoms with Gasteiger partial charge >= 0.3 is 5.97 Å². The van der Waals surface area contributed by atoms with Gasteiger partial charge in [0.05, 0.1) is 6.54 Å². The molecule has 232 valence electrons. The summed E-state index contributed by atoms with van der Waals surface area (Å²) in [4.78, 5) is 60.7. The molecular formula is C30H44N4O5S3. The number of carbonyl (C=O) groups is 4. The Labute approximate surface area is 261 Å². The molecule has 3 atom stereocenters. The van der Waals surface area contributed by atoms with Crippen molar-refractivity contribution in [3.8, 4) is 0 Å². The van der Waals surface area contributed by atoms with Gasteiger partial charge in [-0.05, 0) is 38.2 Å². The first-order valence-electron chi connectivity index (χ1n) is 14.9. The number of thioether (sulfide) groups is 2. The molecule has 3 heterocycles. The first kappa shape index (κ1) is 34.3. The molecule has 2 aliphatic heterocycles. The summed E-state index contributed by atoms with van der Waals surface area (Å²) in [6.07, 6.45) is 10.3.